The molecule has 36 heavy (non-hydrogen) atoms. The molecule has 1 aromatic carbocycles. The molecule has 192 valence electrons. The Labute approximate surface area is 211 Å². The van der Waals surface area contributed by atoms with Crippen molar-refractivity contribution in [1.82, 2.24) is 20.5 Å². The van der Waals surface area contributed by atoms with Crippen molar-refractivity contribution in [1.29, 1.82) is 0 Å². The molecule has 8 heteroatoms. The average Bonchev–Trinajstić information content (AvgIpc) is 3.41. The van der Waals surface area contributed by atoms with Crippen LogP contribution in [0.1, 0.15) is 79.5 Å². The van der Waals surface area contributed by atoms with Crippen LogP contribution in [0.5, 0.6) is 0 Å². The van der Waals surface area contributed by atoms with Crippen LogP contribution in [0.2, 0.25) is 0 Å². The Balaban J connectivity index is 1.56. The summed E-state index contributed by atoms with van der Waals surface area (Å²) >= 11 is 0. The van der Waals surface area contributed by atoms with E-state index in [0.29, 0.717) is 12.1 Å². The molecule has 2 fully saturated rings. The molecule has 0 bridgehead atoms. The number of hydrogen-bond acceptors (Lipinski definition) is 5. The first kappa shape index (κ1) is 25.9. The van der Waals surface area contributed by atoms with Crippen LogP contribution >= 0.6 is 0 Å². The van der Waals surface area contributed by atoms with E-state index in [9.17, 15) is 18.8 Å². The lowest BCUT2D eigenvalue weighted by Gasteiger charge is -2.35. The minimum Gasteiger partial charge on any atom is -0.343 e. The molecular formula is C28H35FN4O3. The molecule has 2 heterocycles. The Morgan fingerprint density at radius 1 is 1.03 bits per heavy atom. The molecule has 4 rings (SSSR count). The second kappa shape index (κ2) is 11.7. The van der Waals surface area contributed by atoms with E-state index < -0.39 is 17.9 Å². The summed E-state index contributed by atoms with van der Waals surface area (Å²) in [7, 11) is 1.73. The molecule has 3 atom stereocenters. The van der Waals surface area contributed by atoms with Gasteiger partial charge in [0.1, 0.15) is 17.6 Å². The van der Waals surface area contributed by atoms with Crippen molar-refractivity contribution < 1.29 is 18.8 Å². The lowest BCUT2D eigenvalue weighted by Crippen LogP contribution is -2.55. The number of halogens is 1. The highest BCUT2D eigenvalue weighted by Gasteiger charge is 2.39. The Morgan fingerprint density at radius 2 is 1.75 bits per heavy atom. The summed E-state index contributed by atoms with van der Waals surface area (Å²) in [4.78, 5) is 45.7. The number of rotatable bonds is 8. The highest BCUT2D eigenvalue weighted by molar-refractivity contribution is 6.07. The van der Waals surface area contributed by atoms with Gasteiger partial charge in [0.25, 0.3) is 0 Å². The van der Waals surface area contributed by atoms with Gasteiger partial charge in [-0.15, -0.1) is 0 Å². The van der Waals surface area contributed by atoms with Crippen LogP contribution in [-0.2, 0) is 9.59 Å². The molecule has 0 radical (unpaired) electrons. The van der Waals surface area contributed by atoms with Gasteiger partial charge in [-0.3, -0.25) is 19.4 Å². The summed E-state index contributed by atoms with van der Waals surface area (Å²) in [5.74, 6) is -0.802. The fourth-order valence-corrected chi connectivity index (χ4v) is 5.34. The first-order valence-electron chi connectivity index (χ1n) is 12.9. The summed E-state index contributed by atoms with van der Waals surface area (Å²) in [5, 5.41) is 6.00. The minimum atomic E-state index is -0.559. The average molecular weight is 495 g/mol. The van der Waals surface area contributed by atoms with E-state index in [0.717, 1.165) is 50.5 Å². The molecule has 1 aromatic heterocycles. The molecule has 2 aromatic rings. The number of carbonyl (C=O) groups is 3. The van der Waals surface area contributed by atoms with Crippen molar-refractivity contribution in [3.8, 4) is 0 Å². The highest BCUT2D eigenvalue weighted by atomic mass is 19.1. The van der Waals surface area contributed by atoms with E-state index in [-0.39, 0.29) is 35.3 Å². The fraction of sp³-hybridized carbons (Fsp3) is 0.500. The number of hydrogen-bond donors (Lipinski definition) is 2. The van der Waals surface area contributed by atoms with Gasteiger partial charge in [-0.05, 0) is 87.5 Å². The number of aromatic nitrogens is 1. The standard InChI is InChI=1S/C28H35FN4O3/c1-18(30-2)27(35)32-25(19-7-4-3-5-8-19)28(36)33-16-6-9-24(33)21-14-15-31-23(17-21)26(34)20-10-12-22(29)13-11-20/h10-15,17-19,24-25,30H,3-9,16H2,1-2H3,(H,32,35)/t18?,24?,25-/m0/s1. The van der Waals surface area contributed by atoms with Crippen LogP contribution in [0.15, 0.2) is 42.6 Å². The lowest BCUT2D eigenvalue weighted by atomic mass is 9.83. The zero-order valence-corrected chi connectivity index (χ0v) is 21.0. The second-order valence-electron chi connectivity index (χ2n) is 9.89. The quantitative estimate of drug-likeness (QED) is 0.545. The van der Waals surface area contributed by atoms with Gasteiger partial charge >= 0.3 is 0 Å². The molecule has 2 aliphatic rings. The van der Waals surface area contributed by atoms with Gasteiger partial charge in [0.15, 0.2) is 0 Å². The zero-order chi connectivity index (χ0) is 25.7. The molecule has 1 aliphatic heterocycles. The van der Waals surface area contributed by atoms with Crippen LogP contribution in [0.4, 0.5) is 4.39 Å². The van der Waals surface area contributed by atoms with Crippen molar-refractivity contribution in [2.75, 3.05) is 13.6 Å². The summed E-state index contributed by atoms with van der Waals surface area (Å²) in [5.41, 5.74) is 1.47. The third kappa shape index (κ3) is 5.81. The fourth-order valence-electron chi connectivity index (χ4n) is 5.34. The van der Waals surface area contributed by atoms with Crippen molar-refractivity contribution in [2.24, 2.45) is 5.92 Å². The highest BCUT2D eigenvalue weighted by Crippen LogP contribution is 2.35. The van der Waals surface area contributed by atoms with Crippen LogP contribution in [0.25, 0.3) is 0 Å². The van der Waals surface area contributed by atoms with Crippen LogP contribution < -0.4 is 10.6 Å². The van der Waals surface area contributed by atoms with Crippen molar-refractivity contribution in [3.63, 3.8) is 0 Å². The van der Waals surface area contributed by atoms with Crippen molar-refractivity contribution in [3.05, 3.63) is 65.2 Å². The number of nitrogens with zero attached hydrogens (tertiary/aromatic N) is 2. The Bertz CT molecular complexity index is 1080. The van der Waals surface area contributed by atoms with E-state index in [2.05, 4.69) is 15.6 Å². The number of nitrogens with one attached hydrogen (secondary N) is 2. The SMILES string of the molecule is CNC(C)C(=O)N[C@H](C(=O)N1CCCC1c1ccnc(C(=O)c2ccc(F)cc2)c1)C1CCCCC1. The molecule has 2 amide bonds. The van der Waals surface area contributed by atoms with Crippen molar-refractivity contribution >= 4 is 17.6 Å². The summed E-state index contributed by atoms with van der Waals surface area (Å²) in [6, 6.07) is 7.84. The van der Waals surface area contributed by atoms with Gasteiger partial charge < -0.3 is 15.5 Å². The summed E-state index contributed by atoms with van der Waals surface area (Å²) in [6.07, 6.45) is 8.34. The van der Waals surface area contributed by atoms with Gasteiger partial charge in [0.2, 0.25) is 17.6 Å². The predicted molar refractivity (Wildman–Crippen MR) is 135 cm³/mol. The maximum atomic E-state index is 13.9. The number of carbonyl (C=O) groups excluding carboxylic acids is 3. The van der Waals surface area contributed by atoms with Gasteiger partial charge in [-0.1, -0.05) is 19.3 Å². The van der Waals surface area contributed by atoms with Gasteiger partial charge in [-0.25, -0.2) is 4.39 Å². The summed E-state index contributed by atoms with van der Waals surface area (Å²) < 4.78 is 13.3. The molecule has 1 saturated heterocycles. The Morgan fingerprint density at radius 3 is 2.44 bits per heavy atom. The van der Waals surface area contributed by atoms with E-state index in [4.69, 9.17) is 0 Å². The van der Waals surface area contributed by atoms with Crippen LogP contribution in [0.3, 0.4) is 0 Å². The number of amides is 2. The van der Waals surface area contributed by atoms with Crippen LogP contribution in [0, 0.1) is 11.7 Å². The number of ketones is 1. The monoisotopic (exact) mass is 494 g/mol. The van der Waals surface area contributed by atoms with Gasteiger partial charge in [0.05, 0.1) is 12.1 Å². The smallest absolute Gasteiger partial charge is 0.245 e. The molecule has 1 aliphatic carbocycles. The lowest BCUT2D eigenvalue weighted by molar-refractivity contribution is -0.139. The maximum absolute atomic E-state index is 13.9. The molecule has 7 nitrogen and oxygen atoms in total. The second-order valence-corrected chi connectivity index (χ2v) is 9.89. The number of pyridine rings is 1. The zero-order valence-electron chi connectivity index (χ0n) is 21.0. The van der Waals surface area contributed by atoms with Crippen molar-refractivity contribution in [2.45, 2.75) is 70.0 Å². The Kier molecular flexibility index (Phi) is 8.46. The molecular weight excluding hydrogens is 459 g/mol. The molecule has 2 N–H and O–H groups in total. The maximum Gasteiger partial charge on any atom is 0.245 e. The topological polar surface area (TPSA) is 91.4 Å². The van der Waals surface area contributed by atoms with Gasteiger partial charge in [0, 0.05) is 18.3 Å². The predicted octanol–water partition coefficient (Wildman–Crippen LogP) is 3.79. The van der Waals surface area contributed by atoms with E-state index >= 15 is 0 Å². The minimum absolute atomic E-state index is 0.0516. The number of benzene rings is 1. The third-order valence-electron chi connectivity index (χ3n) is 7.56. The number of likely N-dealkylation sites (N-methyl/N-ethyl adjacent to an activating group) is 1. The van der Waals surface area contributed by atoms with Gasteiger partial charge in [-0.2, -0.15) is 0 Å². The summed E-state index contributed by atoms with van der Waals surface area (Å²) in [6.45, 7) is 2.39. The number of likely N-dealkylation sites (tertiary alicyclic amines) is 1. The first-order valence-corrected chi connectivity index (χ1v) is 12.9. The van der Waals surface area contributed by atoms with Crippen LogP contribution in [-0.4, -0.2) is 53.2 Å². The third-order valence-corrected chi connectivity index (χ3v) is 7.56. The van der Waals surface area contributed by atoms with E-state index in [1.54, 1.807) is 26.2 Å². The largest absolute Gasteiger partial charge is 0.343 e. The Hall–Kier alpha value is -3.13. The molecule has 2 unspecified atom stereocenters. The first-order chi connectivity index (χ1) is 17.4. The molecule has 1 saturated carbocycles. The van der Waals surface area contributed by atoms with E-state index in [1.807, 2.05) is 11.0 Å². The normalized spacial score (nSPS) is 20.1. The molecule has 0 spiro atoms. The van der Waals surface area contributed by atoms with E-state index in [1.165, 1.54) is 24.3 Å².